The number of carbonyl (C=O) groups excluding carboxylic acids is 1. The Morgan fingerprint density at radius 3 is 2.48 bits per heavy atom. The van der Waals surface area contributed by atoms with Crippen molar-refractivity contribution in [2.45, 2.75) is 32.7 Å². The van der Waals surface area contributed by atoms with Gasteiger partial charge in [0.25, 0.3) is 5.91 Å². The highest BCUT2D eigenvalue weighted by Crippen LogP contribution is 2.27. The van der Waals surface area contributed by atoms with Gasteiger partial charge in [-0.05, 0) is 67.1 Å². The molecular weight excluding hydrogens is 364 g/mol. The molecule has 1 heterocycles. The molecule has 1 aliphatic rings. The normalized spacial score (nSPS) is 17.0. The van der Waals surface area contributed by atoms with Crippen molar-refractivity contribution in [2.75, 3.05) is 33.9 Å². The minimum absolute atomic E-state index is 0.0383. The van der Waals surface area contributed by atoms with Gasteiger partial charge in [-0.2, -0.15) is 0 Å². The second kappa shape index (κ2) is 10.3. The standard InChI is InChI=1S/C24H32N2O3/c1-18-5-4-14-26(16-18)17-20-6-9-21(10-7-20)24(27)25-13-12-19-8-11-22(28-2)23(15-19)29-3/h6-11,15,18H,4-5,12-14,16-17H2,1-3H3,(H,25,27)/t18-/m1/s1. The zero-order chi connectivity index (χ0) is 20.6. The molecule has 1 saturated heterocycles. The number of methoxy groups -OCH3 is 2. The van der Waals surface area contributed by atoms with Crippen molar-refractivity contribution in [1.82, 2.24) is 10.2 Å². The summed E-state index contributed by atoms with van der Waals surface area (Å²) in [5, 5.41) is 3.00. The van der Waals surface area contributed by atoms with E-state index in [-0.39, 0.29) is 5.91 Å². The summed E-state index contributed by atoms with van der Waals surface area (Å²) in [4.78, 5) is 14.9. The number of amides is 1. The fourth-order valence-corrected chi connectivity index (χ4v) is 3.91. The Balaban J connectivity index is 1.48. The third kappa shape index (κ3) is 5.97. The summed E-state index contributed by atoms with van der Waals surface area (Å²) in [6, 6.07) is 13.8. The maximum Gasteiger partial charge on any atom is 0.251 e. The Morgan fingerprint density at radius 2 is 1.79 bits per heavy atom. The number of nitrogens with zero attached hydrogens (tertiary/aromatic N) is 1. The van der Waals surface area contributed by atoms with E-state index in [4.69, 9.17) is 9.47 Å². The zero-order valence-corrected chi connectivity index (χ0v) is 17.7. The summed E-state index contributed by atoms with van der Waals surface area (Å²) < 4.78 is 10.6. The number of hydrogen-bond donors (Lipinski definition) is 1. The quantitative estimate of drug-likeness (QED) is 0.735. The van der Waals surface area contributed by atoms with Gasteiger partial charge in [0, 0.05) is 25.2 Å². The van der Waals surface area contributed by atoms with Crippen LogP contribution in [0.5, 0.6) is 11.5 Å². The maximum absolute atomic E-state index is 12.4. The van der Waals surface area contributed by atoms with E-state index in [2.05, 4.69) is 29.3 Å². The molecule has 0 aromatic heterocycles. The van der Waals surface area contributed by atoms with Crippen molar-refractivity contribution in [1.29, 1.82) is 0 Å². The molecule has 29 heavy (non-hydrogen) atoms. The third-order valence-electron chi connectivity index (χ3n) is 5.51. The summed E-state index contributed by atoms with van der Waals surface area (Å²) in [6.07, 6.45) is 3.35. The lowest BCUT2D eigenvalue weighted by Gasteiger charge is -2.30. The van der Waals surface area contributed by atoms with Crippen molar-refractivity contribution in [3.63, 3.8) is 0 Å². The van der Waals surface area contributed by atoms with E-state index in [9.17, 15) is 4.79 Å². The minimum Gasteiger partial charge on any atom is -0.493 e. The molecule has 5 nitrogen and oxygen atoms in total. The first-order valence-electron chi connectivity index (χ1n) is 10.4. The molecule has 2 aromatic carbocycles. The SMILES string of the molecule is COc1ccc(CCNC(=O)c2ccc(CN3CCC[C@@H](C)C3)cc2)cc1OC. The van der Waals surface area contributed by atoms with Crippen LogP contribution in [0.1, 0.15) is 41.3 Å². The molecule has 1 N–H and O–H groups in total. The van der Waals surface area contributed by atoms with E-state index in [0.717, 1.165) is 24.4 Å². The van der Waals surface area contributed by atoms with E-state index in [1.165, 1.54) is 31.5 Å². The second-order valence-corrected chi connectivity index (χ2v) is 7.87. The molecule has 2 aromatic rings. The molecule has 3 rings (SSSR count). The lowest BCUT2D eigenvalue weighted by molar-refractivity contribution is 0.0954. The van der Waals surface area contributed by atoms with Crippen LogP contribution in [0.4, 0.5) is 0 Å². The van der Waals surface area contributed by atoms with Crippen LogP contribution in [0.15, 0.2) is 42.5 Å². The first kappa shape index (κ1) is 21.2. The smallest absolute Gasteiger partial charge is 0.251 e. The Hall–Kier alpha value is -2.53. The van der Waals surface area contributed by atoms with E-state index >= 15 is 0 Å². The molecule has 0 aliphatic carbocycles. The van der Waals surface area contributed by atoms with Crippen LogP contribution < -0.4 is 14.8 Å². The lowest BCUT2D eigenvalue weighted by atomic mass is 9.99. The van der Waals surface area contributed by atoms with Gasteiger partial charge in [0.05, 0.1) is 14.2 Å². The lowest BCUT2D eigenvalue weighted by Crippen LogP contribution is -2.33. The molecule has 0 radical (unpaired) electrons. The third-order valence-corrected chi connectivity index (χ3v) is 5.51. The Labute approximate surface area is 174 Å². The van der Waals surface area contributed by atoms with Gasteiger partial charge in [0.1, 0.15) is 0 Å². The molecule has 0 spiro atoms. The van der Waals surface area contributed by atoms with E-state index < -0.39 is 0 Å². The van der Waals surface area contributed by atoms with Gasteiger partial charge in [0.15, 0.2) is 11.5 Å². The zero-order valence-electron chi connectivity index (χ0n) is 17.7. The molecule has 0 saturated carbocycles. The van der Waals surface area contributed by atoms with Crippen molar-refractivity contribution < 1.29 is 14.3 Å². The van der Waals surface area contributed by atoms with E-state index in [0.29, 0.717) is 23.6 Å². The highest BCUT2D eigenvalue weighted by atomic mass is 16.5. The van der Waals surface area contributed by atoms with E-state index in [1.807, 2.05) is 30.3 Å². The average Bonchev–Trinajstić information content (AvgIpc) is 2.74. The summed E-state index contributed by atoms with van der Waals surface area (Å²) in [6.45, 7) is 6.19. The van der Waals surface area contributed by atoms with E-state index in [1.54, 1.807) is 14.2 Å². The first-order chi connectivity index (χ1) is 14.1. The molecular formula is C24H32N2O3. The highest BCUT2D eigenvalue weighted by Gasteiger charge is 2.16. The number of hydrogen-bond acceptors (Lipinski definition) is 4. The fourth-order valence-electron chi connectivity index (χ4n) is 3.91. The molecule has 156 valence electrons. The summed E-state index contributed by atoms with van der Waals surface area (Å²) in [5.41, 5.74) is 3.06. The van der Waals surface area contributed by atoms with Crippen LogP contribution in [-0.4, -0.2) is 44.7 Å². The van der Waals surface area contributed by atoms with Crippen molar-refractivity contribution in [3.05, 3.63) is 59.2 Å². The molecule has 1 aliphatic heterocycles. The van der Waals surface area contributed by atoms with Gasteiger partial charge in [-0.3, -0.25) is 9.69 Å². The van der Waals surface area contributed by atoms with Crippen LogP contribution in [0.25, 0.3) is 0 Å². The largest absolute Gasteiger partial charge is 0.493 e. The summed E-state index contributed by atoms with van der Waals surface area (Å²) in [7, 11) is 3.25. The van der Waals surface area contributed by atoms with Gasteiger partial charge in [-0.15, -0.1) is 0 Å². The first-order valence-corrected chi connectivity index (χ1v) is 10.4. The van der Waals surface area contributed by atoms with Crippen LogP contribution in [-0.2, 0) is 13.0 Å². The van der Waals surface area contributed by atoms with Crippen LogP contribution >= 0.6 is 0 Å². The average molecular weight is 397 g/mol. The maximum atomic E-state index is 12.4. The van der Waals surface area contributed by atoms with Gasteiger partial charge in [-0.25, -0.2) is 0 Å². The number of likely N-dealkylation sites (tertiary alicyclic amines) is 1. The van der Waals surface area contributed by atoms with Crippen LogP contribution in [0, 0.1) is 5.92 Å². The topological polar surface area (TPSA) is 50.8 Å². The molecule has 5 heteroatoms. The molecule has 1 atom stereocenters. The van der Waals surface area contributed by atoms with Gasteiger partial charge in [0.2, 0.25) is 0 Å². The molecule has 0 unspecified atom stereocenters. The van der Waals surface area contributed by atoms with Crippen molar-refractivity contribution in [2.24, 2.45) is 5.92 Å². The second-order valence-electron chi connectivity index (χ2n) is 7.87. The molecule has 1 fully saturated rings. The fraction of sp³-hybridized carbons (Fsp3) is 0.458. The number of benzene rings is 2. The minimum atomic E-state index is -0.0383. The molecule has 1 amide bonds. The number of piperidine rings is 1. The number of nitrogens with one attached hydrogen (secondary N) is 1. The summed E-state index contributed by atoms with van der Waals surface area (Å²) >= 11 is 0. The number of carbonyl (C=O) groups is 1. The Kier molecular flexibility index (Phi) is 7.53. The Morgan fingerprint density at radius 1 is 1.07 bits per heavy atom. The number of rotatable bonds is 8. The van der Waals surface area contributed by atoms with Gasteiger partial charge >= 0.3 is 0 Å². The Bertz CT molecular complexity index is 804. The predicted octanol–water partition coefficient (Wildman–Crippen LogP) is 3.91. The van der Waals surface area contributed by atoms with Crippen molar-refractivity contribution >= 4 is 5.91 Å². The van der Waals surface area contributed by atoms with Crippen molar-refractivity contribution in [3.8, 4) is 11.5 Å². The van der Waals surface area contributed by atoms with Crippen LogP contribution in [0.3, 0.4) is 0 Å². The van der Waals surface area contributed by atoms with Crippen LogP contribution in [0.2, 0.25) is 0 Å². The highest BCUT2D eigenvalue weighted by molar-refractivity contribution is 5.94. The number of ether oxygens (including phenoxy) is 2. The molecule has 0 bridgehead atoms. The monoisotopic (exact) mass is 396 g/mol. The van der Waals surface area contributed by atoms with Gasteiger partial charge in [-0.1, -0.05) is 25.1 Å². The summed E-state index contributed by atoms with van der Waals surface area (Å²) in [5.74, 6) is 2.15. The van der Waals surface area contributed by atoms with Gasteiger partial charge < -0.3 is 14.8 Å². The predicted molar refractivity (Wildman–Crippen MR) is 116 cm³/mol.